The van der Waals surface area contributed by atoms with Gasteiger partial charge in [0.1, 0.15) is 0 Å². The molecule has 0 amide bonds. The number of hydrogen-bond acceptors (Lipinski definition) is 1. The molecule has 0 fully saturated rings. The van der Waals surface area contributed by atoms with Crippen molar-refractivity contribution in [2.75, 3.05) is 6.54 Å². The second-order valence-corrected chi connectivity index (χ2v) is 8.15. The molecule has 0 saturated heterocycles. The zero-order valence-corrected chi connectivity index (χ0v) is 14.8. The molecule has 0 spiro atoms. The van der Waals surface area contributed by atoms with E-state index < -0.39 is 0 Å². The van der Waals surface area contributed by atoms with Crippen LogP contribution in [0.4, 0.5) is 0 Å². The molecule has 0 radical (unpaired) electrons. The van der Waals surface area contributed by atoms with Gasteiger partial charge in [0.2, 0.25) is 0 Å². The first kappa shape index (κ1) is 17.8. The first-order chi connectivity index (χ1) is 9.09. The highest BCUT2D eigenvalue weighted by Gasteiger charge is 2.19. The van der Waals surface area contributed by atoms with Gasteiger partial charge in [-0.05, 0) is 69.7 Å². The van der Waals surface area contributed by atoms with Gasteiger partial charge in [-0.25, -0.2) is 0 Å². The van der Waals surface area contributed by atoms with Crippen LogP contribution in [-0.4, -0.2) is 12.1 Å². The molecule has 1 aromatic carbocycles. The Balaban J connectivity index is 2.44. The Morgan fingerprint density at radius 2 is 1.60 bits per heavy atom. The van der Waals surface area contributed by atoms with E-state index in [1.54, 1.807) is 0 Å². The van der Waals surface area contributed by atoms with E-state index in [-0.39, 0.29) is 5.54 Å². The molecule has 1 N–H and O–H groups in total. The number of benzene rings is 1. The van der Waals surface area contributed by atoms with Crippen LogP contribution in [0, 0.1) is 5.41 Å². The molecule has 0 atom stereocenters. The summed E-state index contributed by atoms with van der Waals surface area (Å²) in [6, 6.07) is 5.93. The van der Waals surface area contributed by atoms with Crippen LogP contribution >= 0.6 is 23.2 Å². The Morgan fingerprint density at radius 3 is 2.15 bits per heavy atom. The lowest BCUT2D eigenvalue weighted by Gasteiger charge is -2.28. The van der Waals surface area contributed by atoms with Crippen molar-refractivity contribution in [2.24, 2.45) is 5.41 Å². The summed E-state index contributed by atoms with van der Waals surface area (Å²) >= 11 is 12.0. The highest BCUT2D eigenvalue weighted by Crippen LogP contribution is 2.29. The second kappa shape index (κ2) is 7.15. The summed E-state index contributed by atoms with van der Waals surface area (Å²) in [7, 11) is 0. The van der Waals surface area contributed by atoms with E-state index in [2.05, 4.69) is 46.0 Å². The molecular weight excluding hydrogens is 289 g/mol. The van der Waals surface area contributed by atoms with Crippen molar-refractivity contribution in [1.29, 1.82) is 0 Å². The van der Waals surface area contributed by atoms with Crippen molar-refractivity contribution >= 4 is 23.2 Å². The molecule has 0 aromatic heterocycles. The Bertz CT molecular complexity index is 433. The van der Waals surface area contributed by atoms with Gasteiger partial charge in [0.05, 0.1) is 10.0 Å². The van der Waals surface area contributed by atoms with Crippen molar-refractivity contribution in [3.8, 4) is 0 Å². The molecule has 0 unspecified atom stereocenters. The average molecular weight is 316 g/mol. The van der Waals surface area contributed by atoms with Crippen molar-refractivity contribution in [3.05, 3.63) is 33.8 Å². The average Bonchev–Trinajstić information content (AvgIpc) is 2.29. The smallest absolute Gasteiger partial charge is 0.0595 e. The van der Waals surface area contributed by atoms with E-state index in [1.165, 1.54) is 12.0 Å². The minimum atomic E-state index is 0.194. The lowest BCUT2D eigenvalue weighted by atomic mass is 9.83. The second-order valence-electron chi connectivity index (χ2n) is 7.34. The minimum Gasteiger partial charge on any atom is -0.312 e. The summed E-state index contributed by atoms with van der Waals surface area (Å²) in [5, 5.41) is 4.83. The van der Waals surface area contributed by atoms with Gasteiger partial charge in [-0.3, -0.25) is 0 Å². The Hall–Kier alpha value is -0.240. The molecule has 3 heteroatoms. The fraction of sp³-hybridized carbons (Fsp3) is 0.647. The summed E-state index contributed by atoms with van der Waals surface area (Å²) in [6.45, 7) is 12.3. The van der Waals surface area contributed by atoms with E-state index in [0.29, 0.717) is 15.5 Å². The van der Waals surface area contributed by atoms with Crippen molar-refractivity contribution < 1.29 is 0 Å². The summed E-state index contributed by atoms with van der Waals surface area (Å²) in [5.41, 5.74) is 1.78. The topological polar surface area (TPSA) is 12.0 Å². The number of halogens is 2. The summed E-state index contributed by atoms with van der Waals surface area (Å²) in [4.78, 5) is 0. The fourth-order valence-electron chi connectivity index (χ4n) is 2.08. The molecule has 0 aliphatic rings. The Morgan fingerprint density at radius 1 is 0.950 bits per heavy atom. The SMILES string of the molecule is CC(C)(CCNC(C)(C)C)CCc1ccc(Cl)c(Cl)c1. The first-order valence-corrected chi connectivity index (χ1v) is 8.04. The van der Waals surface area contributed by atoms with E-state index in [9.17, 15) is 0 Å². The maximum absolute atomic E-state index is 6.06. The Kier molecular flexibility index (Phi) is 6.37. The molecule has 0 heterocycles. The minimum absolute atomic E-state index is 0.194. The normalized spacial score (nSPS) is 12.8. The highest BCUT2D eigenvalue weighted by molar-refractivity contribution is 6.42. The van der Waals surface area contributed by atoms with Gasteiger partial charge in [-0.2, -0.15) is 0 Å². The van der Waals surface area contributed by atoms with Crippen molar-refractivity contribution in [2.45, 2.75) is 59.4 Å². The van der Waals surface area contributed by atoms with Crippen molar-refractivity contribution in [3.63, 3.8) is 0 Å². The van der Waals surface area contributed by atoms with Gasteiger partial charge in [0.25, 0.3) is 0 Å². The van der Waals surface area contributed by atoms with Gasteiger partial charge in [0.15, 0.2) is 0 Å². The predicted octanol–water partition coefficient (Wildman–Crippen LogP) is 5.73. The molecular formula is C17H27Cl2N. The lowest BCUT2D eigenvalue weighted by molar-refractivity contribution is 0.284. The zero-order chi connectivity index (χ0) is 15.4. The number of hydrogen-bond donors (Lipinski definition) is 1. The van der Waals surface area contributed by atoms with Gasteiger partial charge >= 0.3 is 0 Å². The van der Waals surface area contributed by atoms with Crippen LogP contribution in [0.1, 0.15) is 53.0 Å². The summed E-state index contributed by atoms with van der Waals surface area (Å²) in [6.07, 6.45) is 3.36. The first-order valence-electron chi connectivity index (χ1n) is 7.28. The van der Waals surface area contributed by atoms with Crippen LogP contribution in [0.25, 0.3) is 0 Å². The van der Waals surface area contributed by atoms with Gasteiger partial charge < -0.3 is 5.32 Å². The van der Waals surface area contributed by atoms with Gasteiger partial charge in [-0.15, -0.1) is 0 Å². The zero-order valence-electron chi connectivity index (χ0n) is 13.3. The maximum Gasteiger partial charge on any atom is 0.0595 e. The van der Waals surface area contributed by atoms with E-state index in [0.717, 1.165) is 19.4 Å². The standard InChI is InChI=1S/C17H27Cl2N/c1-16(2,3)20-11-10-17(4,5)9-8-13-6-7-14(18)15(19)12-13/h6-7,12,20H,8-11H2,1-5H3. The third kappa shape index (κ3) is 6.97. The van der Waals surface area contributed by atoms with E-state index in [4.69, 9.17) is 23.2 Å². The maximum atomic E-state index is 6.06. The van der Waals surface area contributed by atoms with E-state index >= 15 is 0 Å². The van der Waals surface area contributed by atoms with Crippen LogP contribution in [0.5, 0.6) is 0 Å². The third-order valence-corrected chi connectivity index (χ3v) is 4.27. The molecule has 0 saturated carbocycles. The molecule has 1 nitrogen and oxygen atoms in total. The van der Waals surface area contributed by atoms with Crippen LogP contribution in [0.2, 0.25) is 10.0 Å². The largest absolute Gasteiger partial charge is 0.312 e. The number of nitrogens with one attached hydrogen (secondary N) is 1. The molecule has 1 rings (SSSR count). The molecule has 0 aliphatic heterocycles. The van der Waals surface area contributed by atoms with E-state index in [1.807, 2.05) is 12.1 Å². The quantitative estimate of drug-likeness (QED) is 0.706. The molecule has 0 bridgehead atoms. The van der Waals surface area contributed by atoms with Crippen LogP contribution in [0.3, 0.4) is 0 Å². The summed E-state index contributed by atoms with van der Waals surface area (Å²) < 4.78 is 0. The monoisotopic (exact) mass is 315 g/mol. The molecule has 114 valence electrons. The third-order valence-electron chi connectivity index (χ3n) is 3.53. The number of aryl methyl sites for hydroxylation is 1. The lowest BCUT2D eigenvalue weighted by Crippen LogP contribution is -2.38. The van der Waals surface area contributed by atoms with Crippen LogP contribution in [0.15, 0.2) is 18.2 Å². The molecule has 20 heavy (non-hydrogen) atoms. The fourth-order valence-corrected chi connectivity index (χ4v) is 2.40. The predicted molar refractivity (Wildman–Crippen MR) is 90.9 cm³/mol. The van der Waals surface area contributed by atoms with Crippen LogP contribution in [-0.2, 0) is 6.42 Å². The summed E-state index contributed by atoms with van der Waals surface area (Å²) in [5.74, 6) is 0. The number of rotatable bonds is 6. The Labute approximate surface area is 134 Å². The highest BCUT2D eigenvalue weighted by atomic mass is 35.5. The van der Waals surface area contributed by atoms with Crippen molar-refractivity contribution in [1.82, 2.24) is 5.32 Å². The van der Waals surface area contributed by atoms with Crippen LogP contribution < -0.4 is 5.32 Å². The molecule has 0 aliphatic carbocycles. The molecule has 1 aromatic rings. The van der Waals surface area contributed by atoms with Gasteiger partial charge in [-0.1, -0.05) is 43.1 Å². The van der Waals surface area contributed by atoms with Gasteiger partial charge in [0, 0.05) is 5.54 Å².